The van der Waals surface area contributed by atoms with Gasteiger partial charge in [-0.3, -0.25) is 14.9 Å². The van der Waals surface area contributed by atoms with Gasteiger partial charge in [0.2, 0.25) is 5.91 Å². The van der Waals surface area contributed by atoms with Gasteiger partial charge in [-0.15, -0.1) is 0 Å². The van der Waals surface area contributed by atoms with Gasteiger partial charge >= 0.3 is 12.1 Å². The summed E-state index contributed by atoms with van der Waals surface area (Å²) in [4.78, 5) is 48.3. The molecule has 2 atom stereocenters. The summed E-state index contributed by atoms with van der Waals surface area (Å²) in [6.45, 7) is 3.90. The Morgan fingerprint density at radius 2 is 1.64 bits per heavy atom. The highest BCUT2D eigenvalue weighted by atomic mass is 16.6. The summed E-state index contributed by atoms with van der Waals surface area (Å²) in [7, 11) is 0. The molecule has 33 heavy (non-hydrogen) atoms. The molecule has 3 amide bonds. The standard InChI is InChI=1S/C25H26N2O6/c1-14(2)11-20(24(30)33-21-12-22(28)27-23(21)29)26-25(31)32-13-19-17-9-5-3-7-15(17)16-8-4-6-10-18(16)19/h3-10,14,19-21H,11-13H2,1-2H3,(H,26,31)(H,27,28,29)/t20-,21-/m0/s1. The Balaban J connectivity index is 1.40. The Kier molecular flexibility index (Phi) is 6.44. The van der Waals surface area contributed by atoms with E-state index in [4.69, 9.17) is 9.47 Å². The SMILES string of the molecule is CC(C)C[C@H](NC(=O)OCC1c2ccccc2-c2ccccc21)C(=O)O[C@H]1CC(=O)NC1=O. The lowest BCUT2D eigenvalue weighted by Crippen LogP contribution is -2.45. The molecule has 0 unspecified atom stereocenters. The topological polar surface area (TPSA) is 111 Å². The molecule has 172 valence electrons. The number of amides is 3. The maximum absolute atomic E-state index is 12.6. The molecule has 0 radical (unpaired) electrons. The van der Waals surface area contributed by atoms with Crippen LogP contribution in [0.3, 0.4) is 0 Å². The molecule has 1 aliphatic heterocycles. The van der Waals surface area contributed by atoms with Crippen molar-refractivity contribution >= 4 is 23.9 Å². The number of esters is 1. The first kappa shape index (κ1) is 22.5. The maximum atomic E-state index is 12.6. The second-order valence-electron chi connectivity index (χ2n) is 8.69. The van der Waals surface area contributed by atoms with Gasteiger partial charge < -0.3 is 14.8 Å². The average Bonchev–Trinajstić information content (AvgIpc) is 3.27. The number of imide groups is 1. The van der Waals surface area contributed by atoms with Crippen LogP contribution in [0.25, 0.3) is 11.1 Å². The molecule has 0 bridgehead atoms. The van der Waals surface area contributed by atoms with Gasteiger partial charge in [0.05, 0.1) is 6.42 Å². The predicted octanol–water partition coefficient (Wildman–Crippen LogP) is 2.90. The normalized spacial score (nSPS) is 17.8. The molecule has 1 saturated heterocycles. The molecule has 0 saturated carbocycles. The highest BCUT2D eigenvalue weighted by Crippen LogP contribution is 2.44. The van der Waals surface area contributed by atoms with Crippen molar-refractivity contribution in [1.29, 1.82) is 0 Å². The minimum atomic E-state index is -1.18. The molecule has 2 aliphatic rings. The summed E-state index contributed by atoms with van der Waals surface area (Å²) in [6.07, 6.45) is -1.84. The average molecular weight is 450 g/mol. The second-order valence-corrected chi connectivity index (χ2v) is 8.69. The molecular weight excluding hydrogens is 424 g/mol. The Hall–Kier alpha value is -3.68. The fourth-order valence-electron chi connectivity index (χ4n) is 4.32. The highest BCUT2D eigenvalue weighted by Gasteiger charge is 2.36. The molecule has 2 aromatic rings. The van der Waals surface area contributed by atoms with Crippen LogP contribution in [-0.2, 0) is 23.9 Å². The van der Waals surface area contributed by atoms with Crippen LogP contribution in [0, 0.1) is 5.92 Å². The number of carbonyl (C=O) groups is 4. The largest absolute Gasteiger partial charge is 0.450 e. The molecule has 8 nitrogen and oxygen atoms in total. The molecule has 8 heteroatoms. The number of fused-ring (bicyclic) bond motifs is 3. The molecule has 2 N–H and O–H groups in total. The van der Waals surface area contributed by atoms with Crippen molar-refractivity contribution in [2.45, 2.75) is 44.8 Å². The van der Waals surface area contributed by atoms with Crippen molar-refractivity contribution in [3.8, 4) is 11.1 Å². The van der Waals surface area contributed by atoms with Crippen molar-refractivity contribution in [3.05, 3.63) is 59.7 Å². The van der Waals surface area contributed by atoms with E-state index in [0.717, 1.165) is 22.3 Å². The molecule has 0 spiro atoms. The lowest BCUT2D eigenvalue weighted by Gasteiger charge is -2.21. The van der Waals surface area contributed by atoms with Crippen molar-refractivity contribution in [2.24, 2.45) is 5.92 Å². The third-order valence-corrected chi connectivity index (χ3v) is 5.81. The van der Waals surface area contributed by atoms with E-state index in [0.29, 0.717) is 6.42 Å². The van der Waals surface area contributed by atoms with Crippen LogP contribution in [0.15, 0.2) is 48.5 Å². The van der Waals surface area contributed by atoms with Gasteiger partial charge in [-0.1, -0.05) is 62.4 Å². The Morgan fingerprint density at radius 3 is 2.18 bits per heavy atom. The number of alkyl carbamates (subject to hydrolysis) is 1. The van der Waals surface area contributed by atoms with E-state index in [9.17, 15) is 19.2 Å². The summed E-state index contributed by atoms with van der Waals surface area (Å²) in [5, 5.41) is 4.66. The Morgan fingerprint density at radius 1 is 1.03 bits per heavy atom. The number of nitrogens with one attached hydrogen (secondary N) is 2. The van der Waals surface area contributed by atoms with Crippen LogP contribution in [0.2, 0.25) is 0 Å². The lowest BCUT2D eigenvalue weighted by molar-refractivity contribution is -0.156. The van der Waals surface area contributed by atoms with E-state index in [2.05, 4.69) is 10.6 Å². The van der Waals surface area contributed by atoms with Gasteiger partial charge in [0.25, 0.3) is 5.91 Å². The maximum Gasteiger partial charge on any atom is 0.407 e. The zero-order valence-electron chi connectivity index (χ0n) is 18.5. The summed E-state index contributed by atoms with van der Waals surface area (Å²) in [5.41, 5.74) is 4.41. The van der Waals surface area contributed by atoms with Gasteiger partial charge in [0.15, 0.2) is 6.10 Å². The fourth-order valence-corrected chi connectivity index (χ4v) is 4.32. The van der Waals surface area contributed by atoms with Gasteiger partial charge in [-0.25, -0.2) is 9.59 Å². The van der Waals surface area contributed by atoms with Crippen molar-refractivity contribution in [3.63, 3.8) is 0 Å². The smallest absolute Gasteiger partial charge is 0.407 e. The van der Waals surface area contributed by atoms with E-state index in [1.54, 1.807) is 0 Å². The molecule has 1 heterocycles. The quantitative estimate of drug-likeness (QED) is 0.496. The number of hydrogen-bond acceptors (Lipinski definition) is 6. The monoisotopic (exact) mass is 450 g/mol. The second kappa shape index (κ2) is 9.44. The zero-order valence-corrected chi connectivity index (χ0v) is 18.5. The number of ether oxygens (including phenoxy) is 2. The van der Waals surface area contributed by atoms with E-state index in [1.165, 1.54) is 0 Å². The Bertz CT molecular complexity index is 1050. The van der Waals surface area contributed by atoms with E-state index in [-0.39, 0.29) is 24.9 Å². The van der Waals surface area contributed by atoms with E-state index in [1.807, 2.05) is 62.4 Å². The minimum Gasteiger partial charge on any atom is -0.450 e. The van der Waals surface area contributed by atoms with E-state index >= 15 is 0 Å². The number of benzene rings is 2. The molecule has 0 aromatic heterocycles. The third-order valence-electron chi connectivity index (χ3n) is 5.81. The van der Waals surface area contributed by atoms with Crippen molar-refractivity contribution in [1.82, 2.24) is 10.6 Å². The van der Waals surface area contributed by atoms with Crippen molar-refractivity contribution in [2.75, 3.05) is 6.61 Å². The van der Waals surface area contributed by atoms with Crippen LogP contribution in [0.5, 0.6) is 0 Å². The fraction of sp³-hybridized carbons (Fsp3) is 0.360. The number of hydrogen-bond donors (Lipinski definition) is 2. The van der Waals surface area contributed by atoms with Gasteiger partial charge in [0, 0.05) is 5.92 Å². The number of rotatable bonds is 7. The first-order valence-corrected chi connectivity index (χ1v) is 11.0. The summed E-state index contributed by atoms with van der Waals surface area (Å²) < 4.78 is 10.7. The highest BCUT2D eigenvalue weighted by molar-refractivity contribution is 6.05. The van der Waals surface area contributed by atoms with Crippen LogP contribution < -0.4 is 10.6 Å². The zero-order chi connectivity index (χ0) is 23.5. The summed E-state index contributed by atoms with van der Waals surface area (Å²) in [5.74, 6) is -1.96. The summed E-state index contributed by atoms with van der Waals surface area (Å²) >= 11 is 0. The van der Waals surface area contributed by atoms with Crippen LogP contribution in [0.4, 0.5) is 4.79 Å². The first-order valence-electron chi connectivity index (χ1n) is 11.0. The van der Waals surface area contributed by atoms with Crippen LogP contribution in [0.1, 0.15) is 43.7 Å². The van der Waals surface area contributed by atoms with Crippen LogP contribution >= 0.6 is 0 Å². The van der Waals surface area contributed by atoms with E-state index < -0.39 is 36.0 Å². The molecule has 1 aliphatic carbocycles. The van der Waals surface area contributed by atoms with Gasteiger partial charge in [-0.05, 0) is 34.6 Å². The molecule has 4 rings (SSSR count). The minimum absolute atomic E-state index is 0.0653. The van der Waals surface area contributed by atoms with Gasteiger partial charge in [0.1, 0.15) is 12.6 Å². The molecule has 1 fully saturated rings. The van der Waals surface area contributed by atoms with Crippen molar-refractivity contribution < 1.29 is 28.7 Å². The molecule has 2 aromatic carbocycles. The van der Waals surface area contributed by atoms with Gasteiger partial charge in [-0.2, -0.15) is 0 Å². The molecular formula is C25H26N2O6. The summed E-state index contributed by atoms with van der Waals surface area (Å²) in [6, 6.07) is 15.0. The lowest BCUT2D eigenvalue weighted by atomic mass is 9.98. The number of carbonyl (C=O) groups excluding carboxylic acids is 4. The Labute approximate surface area is 191 Å². The predicted molar refractivity (Wildman–Crippen MR) is 119 cm³/mol. The third kappa shape index (κ3) is 4.89. The first-order chi connectivity index (χ1) is 15.8. The van der Waals surface area contributed by atoms with Crippen LogP contribution in [-0.4, -0.2) is 42.6 Å².